The minimum atomic E-state index is -0.608. The van der Waals surface area contributed by atoms with Gasteiger partial charge in [0.25, 0.3) is 5.56 Å². The van der Waals surface area contributed by atoms with E-state index in [1.807, 2.05) is 20.8 Å². The molecular weight excluding hydrogens is 493 g/mol. The van der Waals surface area contributed by atoms with Crippen LogP contribution in [0.3, 0.4) is 0 Å². The smallest absolute Gasteiger partial charge is 0.410 e. The molecule has 200 valence electrons. The highest BCUT2D eigenvalue weighted by atomic mass is 19.1. The number of fused-ring (bicyclic) bond motifs is 2. The van der Waals surface area contributed by atoms with E-state index in [0.29, 0.717) is 47.1 Å². The maximum Gasteiger partial charge on any atom is 0.410 e. The molecule has 10 nitrogen and oxygen atoms in total. The zero-order valence-electron chi connectivity index (χ0n) is 22.0. The summed E-state index contributed by atoms with van der Waals surface area (Å²) in [4.78, 5) is 32.1. The number of likely N-dealkylation sites (tertiary alicyclic amines) is 1. The Labute approximate surface area is 218 Å². The Morgan fingerprint density at radius 1 is 1.24 bits per heavy atom. The second-order valence-electron chi connectivity index (χ2n) is 10.4. The van der Waals surface area contributed by atoms with Crippen LogP contribution in [-0.4, -0.2) is 62.9 Å². The van der Waals surface area contributed by atoms with Crippen LogP contribution in [0, 0.1) is 5.82 Å². The van der Waals surface area contributed by atoms with E-state index < -0.39 is 11.4 Å². The molecule has 1 saturated heterocycles. The Balaban J connectivity index is 1.49. The number of nitrogens with zero attached hydrogens (tertiary/aromatic N) is 5. The monoisotopic (exact) mass is 523 g/mol. The minimum absolute atomic E-state index is 0.0218. The fourth-order valence-corrected chi connectivity index (χ4v) is 4.72. The summed E-state index contributed by atoms with van der Waals surface area (Å²) in [7, 11) is 3.17. The number of ether oxygens (including phenoxy) is 3. The molecule has 5 rings (SSSR count). The predicted molar refractivity (Wildman–Crippen MR) is 140 cm³/mol. The van der Waals surface area contributed by atoms with Gasteiger partial charge in [0.15, 0.2) is 18.4 Å². The third kappa shape index (κ3) is 4.81. The van der Waals surface area contributed by atoms with Crippen LogP contribution in [0.25, 0.3) is 33.1 Å². The molecule has 1 aromatic carbocycles. The predicted octanol–water partition coefficient (Wildman–Crippen LogP) is 4.25. The van der Waals surface area contributed by atoms with Gasteiger partial charge in [-0.3, -0.25) is 9.48 Å². The van der Waals surface area contributed by atoms with Crippen LogP contribution in [0.4, 0.5) is 9.18 Å². The van der Waals surface area contributed by atoms with Gasteiger partial charge in [-0.25, -0.2) is 14.2 Å². The Hall–Kier alpha value is -3.99. The maximum atomic E-state index is 15.4. The largest absolute Gasteiger partial charge is 0.464 e. The van der Waals surface area contributed by atoms with Gasteiger partial charge in [-0.2, -0.15) is 5.10 Å². The number of hydrogen-bond donors (Lipinski definition) is 0. The number of rotatable bonds is 5. The highest BCUT2D eigenvalue weighted by molar-refractivity contribution is 5.89. The van der Waals surface area contributed by atoms with Gasteiger partial charge in [-0.05, 0) is 51.5 Å². The van der Waals surface area contributed by atoms with Crippen molar-refractivity contribution in [2.24, 2.45) is 7.05 Å². The molecular formula is C27H30FN5O5. The van der Waals surface area contributed by atoms with Gasteiger partial charge in [0.2, 0.25) is 0 Å². The fraction of sp³-hybridized carbons (Fsp3) is 0.407. The normalized spacial score (nSPS) is 15.9. The van der Waals surface area contributed by atoms with Crippen molar-refractivity contribution in [3.05, 3.63) is 52.8 Å². The summed E-state index contributed by atoms with van der Waals surface area (Å²) in [5.41, 5.74) is 0.731. The van der Waals surface area contributed by atoms with Crippen molar-refractivity contribution in [1.29, 1.82) is 0 Å². The fourth-order valence-electron chi connectivity index (χ4n) is 4.72. The molecule has 1 amide bonds. The summed E-state index contributed by atoms with van der Waals surface area (Å²) in [6, 6.07) is 6.70. The molecule has 4 heterocycles. The number of aromatic nitrogens is 4. The number of halogens is 1. The van der Waals surface area contributed by atoms with Crippen LogP contribution in [0.15, 0.2) is 41.5 Å². The second kappa shape index (κ2) is 9.71. The molecule has 1 fully saturated rings. The molecule has 1 atom stereocenters. The van der Waals surface area contributed by atoms with Crippen LogP contribution in [0.2, 0.25) is 0 Å². The molecule has 0 N–H and O–H groups in total. The van der Waals surface area contributed by atoms with Gasteiger partial charge in [-0.1, -0.05) is 0 Å². The quantitative estimate of drug-likeness (QED) is 0.361. The molecule has 0 radical (unpaired) electrons. The van der Waals surface area contributed by atoms with Gasteiger partial charge in [-0.15, -0.1) is 0 Å². The van der Waals surface area contributed by atoms with Crippen molar-refractivity contribution in [2.45, 2.75) is 38.8 Å². The van der Waals surface area contributed by atoms with Crippen LogP contribution in [-0.2, 0) is 16.5 Å². The van der Waals surface area contributed by atoms with Crippen molar-refractivity contribution in [1.82, 2.24) is 24.2 Å². The Bertz CT molecular complexity index is 1590. The lowest BCUT2D eigenvalue weighted by Gasteiger charge is -2.24. The lowest BCUT2D eigenvalue weighted by atomic mass is 10.1. The first-order chi connectivity index (χ1) is 18.1. The average molecular weight is 524 g/mol. The molecule has 38 heavy (non-hydrogen) atoms. The molecule has 4 aromatic rings. The van der Waals surface area contributed by atoms with E-state index >= 15 is 4.39 Å². The molecule has 11 heteroatoms. The van der Waals surface area contributed by atoms with Crippen LogP contribution in [0.1, 0.15) is 33.2 Å². The molecule has 0 aliphatic carbocycles. The average Bonchev–Trinajstić information content (AvgIpc) is 3.49. The SMILES string of the molecule is COCOc1c(-c2ccc3c(=O)n(C4CCN(C(=O)OC(C)(C)C)C4)ccc3n2)cc2cn(C)nc2c1F. The topological polar surface area (TPSA) is 101 Å². The Kier molecular flexibility index (Phi) is 6.56. The molecule has 1 aliphatic rings. The minimum Gasteiger partial charge on any atom is -0.464 e. The summed E-state index contributed by atoms with van der Waals surface area (Å²) in [5.74, 6) is -0.630. The highest BCUT2D eigenvalue weighted by Crippen LogP contribution is 2.37. The van der Waals surface area contributed by atoms with E-state index in [-0.39, 0.29) is 35.8 Å². The summed E-state index contributed by atoms with van der Waals surface area (Å²) in [5, 5.41) is 5.20. The number of carbonyl (C=O) groups is 1. The number of carbonyl (C=O) groups excluding carboxylic acids is 1. The summed E-state index contributed by atoms with van der Waals surface area (Å²) >= 11 is 0. The van der Waals surface area contributed by atoms with E-state index in [2.05, 4.69) is 10.1 Å². The van der Waals surface area contributed by atoms with E-state index in [4.69, 9.17) is 14.2 Å². The van der Waals surface area contributed by atoms with Gasteiger partial charge < -0.3 is 23.7 Å². The highest BCUT2D eigenvalue weighted by Gasteiger charge is 2.31. The van der Waals surface area contributed by atoms with Crippen LogP contribution in [0.5, 0.6) is 5.75 Å². The number of aryl methyl sites for hydroxylation is 1. The molecule has 3 aromatic heterocycles. The van der Waals surface area contributed by atoms with Gasteiger partial charge in [0.1, 0.15) is 11.1 Å². The number of benzene rings is 1. The maximum absolute atomic E-state index is 15.4. The van der Waals surface area contributed by atoms with Crippen molar-refractivity contribution < 1.29 is 23.4 Å². The lowest BCUT2D eigenvalue weighted by Crippen LogP contribution is -2.36. The lowest BCUT2D eigenvalue weighted by molar-refractivity contribution is 0.0289. The van der Waals surface area contributed by atoms with E-state index in [1.165, 1.54) is 11.8 Å². The van der Waals surface area contributed by atoms with Gasteiger partial charge >= 0.3 is 6.09 Å². The zero-order chi connectivity index (χ0) is 27.2. The molecule has 0 bridgehead atoms. The molecule has 0 saturated carbocycles. The first-order valence-corrected chi connectivity index (χ1v) is 12.3. The number of hydrogen-bond acceptors (Lipinski definition) is 7. The van der Waals surface area contributed by atoms with Crippen LogP contribution < -0.4 is 10.3 Å². The Morgan fingerprint density at radius 3 is 2.76 bits per heavy atom. The first kappa shape index (κ1) is 25.7. The van der Waals surface area contributed by atoms with Crippen molar-refractivity contribution >= 4 is 27.9 Å². The van der Waals surface area contributed by atoms with Gasteiger partial charge in [0.05, 0.1) is 22.6 Å². The standard InChI is InChI=1S/C27H30FN5O5/c1-27(2,3)38-26(35)32-10-8-17(14-32)33-11-9-21-18(25(33)34)6-7-20(29-21)19-12-16-13-31(4)30-23(16)22(28)24(19)37-15-36-5/h6-7,9,11-13,17H,8,10,14-15H2,1-5H3. The molecule has 1 unspecified atom stereocenters. The van der Waals surface area contributed by atoms with Crippen LogP contribution >= 0.6 is 0 Å². The number of methoxy groups -OCH3 is 1. The van der Waals surface area contributed by atoms with Crippen molar-refractivity contribution in [3.63, 3.8) is 0 Å². The van der Waals surface area contributed by atoms with E-state index in [0.717, 1.165) is 0 Å². The van der Waals surface area contributed by atoms with E-state index in [1.54, 1.807) is 53.2 Å². The second-order valence-corrected chi connectivity index (χ2v) is 10.4. The summed E-state index contributed by atoms with van der Waals surface area (Å²) < 4.78 is 34.6. The third-order valence-corrected chi connectivity index (χ3v) is 6.40. The first-order valence-electron chi connectivity index (χ1n) is 12.3. The van der Waals surface area contributed by atoms with Crippen molar-refractivity contribution in [2.75, 3.05) is 27.0 Å². The Morgan fingerprint density at radius 2 is 2.03 bits per heavy atom. The number of pyridine rings is 2. The molecule has 0 spiro atoms. The van der Waals surface area contributed by atoms with Crippen molar-refractivity contribution in [3.8, 4) is 17.0 Å². The zero-order valence-corrected chi connectivity index (χ0v) is 22.0. The number of amides is 1. The summed E-state index contributed by atoms with van der Waals surface area (Å²) in [6.07, 6.45) is 3.66. The van der Waals surface area contributed by atoms with Gasteiger partial charge in [0, 0.05) is 50.6 Å². The molecule has 1 aliphatic heterocycles. The summed E-state index contributed by atoms with van der Waals surface area (Å²) in [6.45, 7) is 6.21. The van der Waals surface area contributed by atoms with E-state index in [9.17, 15) is 9.59 Å². The third-order valence-electron chi connectivity index (χ3n) is 6.40.